The summed E-state index contributed by atoms with van der Waals surface area (Å²) >= 11 is 0. The lowest BCUT2D eigenvalue weighted by atomic mass is 10.1. The summed E-state index contributed by atoms with van der Waals surface area (Å²) in [6, 6.07) is 2.70. The predicted molar refractivity (Wildman–Crippen MR) is 110 cm³/mol. The molecule has 0 saturated heterocycles. The van der Waals surface area contributed by atoms with Gasteiger partial charge in [-0.05, 0) is 25.1 Å². The molecule has 0 bridgehead atoms. The molecular formula is C20H12F5N7O2S. The minimum Gasteiger partial charge on any atom is -0.259 e. The van der Waals surface area contributed by atoms with Gasteiger partial charge in [0.25, 0.3) is 0 Å². The predicted octanol–water partition coefficient (Wildman–Crippen LogP) is 3.26. The van der Waals surface area contributed by atoms with Crippen LogP contribution in [0.4, 0.5) is 22.0 Å². The molecule has 4 aromatic rings. The Labute approximate surface area is 194 Å². The van der Waals surface area contributed by atoms with E-state index in [9.17, 15) is 35.6 Å². The van der Waals surface area contributed by atoms with Gasteiger partial charge in [-0.2, -0.15) is 23.2 Å². The smallest absolute Gasteiger partial charge is 0.259 e. The molecule has 0 radical (unpaired) electrons. The van der Waals surface area contributed by atoms with Gasteiger partial charge in [0.1, 0.15) is 28.5 Å². The van der Waals surface area contributed by atoms with E-state index in [1.54, 1.807) is 0 Å². The van der Waals surface area contributed by atoms with E-state index in [2.05, 4.69) is 19.9 Å². The summed E-state index contributed by atoms with van der Waals surface area (Å²) in [4.78, 5) is 15.1. The number of nitriles is 1. The highest BCUT2D eigenvalue weighted by Crippen LogP contribution is 2.34. The fourth-order valence-corrected chi connectivity index (χ4v) is 4.33. The SMILES string of the molecule is C[C@H](NS(=O)(=O)c1ccc(-c2c(C#N)c3cc(F)cnc3n2-c2ncc(F)cn2)nc1)C(F)(F)F. The van der Waals surface area contributed by atoms with Crippen molar-refractivity contribution in [2.45, 2.75) is 24.0 Å². The number of alkyl halides is 3. The molecule has 0 aromatic carbocycles. The monoisotopic (exact) mass is 509 g/mol. The molecule has 1 atom stereocenters. The number of nitrogens with one attached hydrogen (secondary N) is 1. The van der Waals surface area contributed by atoms with E-state index in [1.165, 1.54) is 9.29 Å². The van der Waals surface area contributed by atoms with Crippen LogP contribution in [0.2, 0.25) is 0 Å². The van der Waals surface area contributed by atoms with Crippen LogP contribution in [0.5, 0.6) is 0 Å². The lowest BCUT2D eigenvalue weighted by Gasteiger charge is -2.17. The zero-order chi connectivity index (χ0) is 25.5. The first kappa shape index (κ1) is 24.1. The number of sulfonamides is 1. The van der Waals surface area contributed by atoms with Crippen molar-refractivity contribution in [1.82, 2.24) is 29.2 Å². The molecule has 4 heterocycles. The lowest BCUT2D eigenvalue weighted by molar-refractivity contribution is -0.147. The zero-order valence-electron chi connectivity index (χ0n) is 17.4. The van der Waals surface area contributed by atoms with Gasteiger partial charge in [0.2, 0.25) is 16.0 Å². The van der Waals surface area contributed by atoms with Crippen molar-refractivity contribution in [2.24, 2.45) is 0 Å². The van der Waals surface area contributed by atoms with Crippen molar-refractivity contribution in [3.63, 3.8) is 0 Å². The average Bonchev–Trinajstić information content (AvgIpc) is 3.12. The first-order valence-corrected chi connectivity index (χ1v) is 11.0. The Morgan fingerprint density at radius 1 is 1.03 bits per heavy atom. The van der Waals surface area contributed by atoms with Crippen molar-refractivity contribution in [1.29, 1.82) is 5.26 Å². The van der Waals surface area contributed by atoms with Gasteiger partial charge in [-0.1, -0.05) is 0 Å². The Morgan fingerprint density at radius 2 is 1.69 bits per heavy atom. The fourth-order valence-electron chi connectivity index (χ4n) is 3.16. The highest BCUT2D eigenvalue weighted by molar-refractivity contribution is 7.89. The molecule has 4 rings (SSSR count). The summed E-state index contributed by atoms with van der Waals surface area (Å²) in [6.07, 6.45) is -1.43. The maximum absolute atomic E-state index is 13.9. The number of aromatic nitrogens is 5. The van der Waals surface area contributed by atoms with Crippen molar-refractivity contribution in [3.05, 3.63) is 60.2 Å². The Kier molecular flexibility index (Phi) is 5.95. The van der Waals surface area contributed by atoms with Gasteiger partial charge in [-0.15, -0.1) is 0 Å². The van der Waals surface area contributed by atoms with E-state index < -0.39 is 38.8 Å². The third-order valence-electron chi connectivity index (χ3n) is 4.81. The molecule has 0 unspecified atom stereocenters. The molecule has 9 nitrogen and oxygen atoms in total. The zero-order valence-corrected chi connectivity index (χ0v) is 18.2. The molecule has 4 aromatic heterocycles. The maximum Gasteiger partial charge on any atom is 0.404 e. The molecule has 180 valence electrons. The van der Waals surface area contributed by atoms with Gasteiger partial charge in [-0.3, -0.25) is 9.55 Å². The molecule has 0 aliphatic carbocycles. The van der Waals surface area contributed by atoms with Crippen molar-refractivity contribution in [2.75, 3.05) is 0 Å². The first-order valence-electron chi connectivity index (χ1n) is 9.56. The fraction of sp³-hybridized carbons (Fsp3) is 0.150. The van der Waals surface area contributed by atoms with Crippen LogP contribution >= 0.6 is 0 Å². The van der Waals surface area contributed by atoms with Crippen molar-refractivity contribution >= 4 is 21.1 Å². The minimum atomic E-state index is -4.81. The summed E-state index contributed by atoms with van der Waals surface area (Å²) in [5.74, 6) is -1.65. The van der Waals surface area contributed by atoms with Crippen LogP contribution in [-0.4, -0.2) is 45.1 Å². The summed E-state index contributed by atoms with van der Waals surface area (Å²) in [7, 11) is -4.59. The van der Waals surface area contributed by atoms with E-state index >= 15 is 0 Å². The van der Waals surface area contributed by atoms with E-state index in [-0.39, 0.29) is 33.9 Å². The standard InChI is InChI=1S/C20H12F5N7O2S/c1-10(20(23,24)25)31-35(33,34)13-2-3-16(27-9-13)17-15(5-26)14-4-11(21)6-28-18(14)32(17)19-29-7-12(22)8-30-19/h2-4,6-10,31H,1H3/t10-/m0/s1. The molecule has 1 N–H and O–H groups in total. The molecule has 0 spiro atoms. The first-order chi connectivity index (χ1) is 16.4. The van der Waals surface area contributed by atoms with E-state index in [4.69, 9.17) is 0 Å². The molecule has 35 heavy (non-hydrogen) atoms. The Bertz CT molecular complexity index is 1560. The molecular weight excluding hydrogens is 497 g/mol. The van der Waals surface area contributed by atoms with Crippen LogP contribution < -0.4 is 4.72 Å². The van der Waals surface area contributed by atoms with Crippen LogP contribution in [0.15, 0.2) is 47.9 Å². The molecule has 0 amide bonds. The normalized spacial score (nSPS) is 13.1. The van der Waals surface area contributed by atoms with Crippen LogP contribution in [0.3, 0.4) is 0 Å². The van der Waals surface area contributed by atoms with E-state index in [0.717, 1.165) is 43.0 Å². The maximum atomic E-state index is 13.9. The number of pyridine rings is 2. The molecule has 0 fully saturated rings. The summed E-state index contributed by atoms with van der Waals surface area (Å²) in [5, 5.41) is 9.83. The highest BCUT2D eigenvalue weighted by Gasteiger charge is 2.39. The van der Waals surface area contributed by atoms with Gasteiger partial charge >= 0.3 is 6.18 Å². The van der Waals surface area contributed by atoms with Crippen molar-refractivity contribution in [3.8, 4) is 23.4 Å². The van der Waals surface area contributed by atoms with Gasteiger partial charge in [0.15, 0.2) is 5.82 Å². The lowest BCUT2D eigenvalue weighted by Crippen LogP contribution is -2.42. The quantitative estimate of drug-likeness (QED) is 0.409. The second-order valence-electron chi connectivity index (χ2n) is 7.16. The van der Waals surface area contributed by atoms with Gasteiger partial charge < -0.3 is 0 Å². The third kappa shape index (κ3) is 4.53. The number of hydrogen-bond acceptors (Lipinski definition) is 7. The highest BCUT2D eigenvalue weighted by atomic mass is 32.2. The number of nitrogens with zero attached hydrogens (tertiary/aromatic N) is 6. The van der Waals surface area contributed by atoms with Gasteiger partial charge in [0.05, 0.1) is 35.5 Å². The number of fused-ring (bicyclic) bond motifs is 1. The van der Waals surface area contributed by atoms with Crippen LogP contribution in [0.1, 0.15) is 12.5 Å². The Hall–Kier alpha value is -4.03. The Balaban J connectivity index is 1.88. The van der Waals surface area contributed by atoms with Gasteiger partial charge in [0, 0.05) is 11.6 Å². The third-order valence-corrected chi connectivity index (χ3v) is 6.33. The van der Waals surface area contributed by atoms with E-state index in [1.807, 2.05) is 6.07 Å². The second-order valence-corrected chi connectivity index (χ2v) is 8.87. The minimum absolute atomic E-state index is 0.0206. The second kappa shape index (κ2) is 8.64. The number of hydrogen-bond donors (Lipinski definition) is 1. The molecule has 15 heteroatoms. The van der Waals surface area contributed by atoms with E-state index in [0.29, 0.717) is 6.92 Å². The van der Waals surface area contributed by atoms with Crippen LogP contribution in [0, 0.1) is 23.0 Å². The molecule has 0 aliphatic rings. The molecule has 0 aliphatic heterocycles. The van der Waals surface area contributed by atoms with Crippen LogP contribution in [0.25, 0.3) is 28.4 Å². The number of halogens is 5. The number of rotatable bonds is 5. The largest absolute Gasteiger partial charge is 0.404 e. The van der Waals surface area contributed by atoms with Crippen molar-refractivity contribution < 1.29 is 30.4 Å². The summed E-state index contributed by atoms with van der Waals surface area (Å²) < 4.78 is 93.0. The Morgan fingerprint density at radius 3 is 2.26 bits per heavy atom. The summed E-state index contributed by atoms with van der Waals surface area (Å²) in [5.41, 5.74) is -0.140. The van der Waals surface area contributed by atoms with Gasteiger partial charge in [-0.25, -0.2) is 32.2 Å². The van der Waals surface area contributed by atoms with Crippen LogP contribution in [-0.2, 0) is 10.0 Å². The molecule has 0 saturated carbocycles. The summed E-state index contributed by atoms with van der Waals surface area (Å²) in [6.45, 7) is 0.645. The topological polar surface area (TPSA) is 126 Å². The average molecular weight is 509 g/mol.